The Morgan fingerprint density at radius 2 is 1.45 bits per heavy atom. The van der Waals surface area contributed by atoms with Crippen LogP contribution < -0.4 is 0 Å². The van der Waals surface area contributed by atoms with Crippen molar-refractivity contribution < 1.29 is 9.90 Å². The highest BCUT2D eigenvalue weighted by Crippen LogP contribution is 2.43. The van der Waals surface area contributed by atoms with Gasteiger partial charge in [-0.15, -0.1) is 0 Å². The van der Waals surface area contributed by atoms with Gasteiger partial charge < -0.3 is 5.11 Å². The van der Waals surface area contributed by atoms with Gasteiger partial charge in [0.15, 0.2) is 0 Å². The Hall–Kier alpha value is -1.13. The second-order valence-corrected chi connectivity index (χ2v) is 7.13. The Bertz CT molecular complexity index is 574. The van der Waals surface area contributed by atoms with Gasteiger partial charge in [-0.05, 0) is 17.0 Å². The van der Waals surface area contributed by atoms with Crippen LogP contribution in [0, 0.1) is 5.92 Å². The molecule has 22 heavy (non-hydrogen) atoms. The van der Waals surface area contributed by atoms with Crippen LogP contribution in [0.15, 0.2) is 60.7 Å². The number of rotatable bonds is 6. The molecule has 0 fully saturated rings. The molecule has 0 aromatic heterocycles. The quantitative estimate of drug-likeness (QED) is 0.671. The minimum atomic E-state index is -1.09. The lowest BCUT2D eigenvalue weighted by Gasteiger charge is -2.38. The van der Waals surface area contributed by atoms with Crippen LogP contribution in [0.4, 0.5) is 0 Å². The zero-order chi connectivity index (χ0) is 16.2. The van der Waals surface area contributed by atoms with E-state index in [2.05, 4.69) is 31.9 Å². The summed E-state index contributed by atoms with van der Waals surface area (Å²) in [7, 11) is 0. The largest absolute Gasteiger partial charge is 0.480 e. The molecule has 2 atom stereocenters. The van der Waals surface area contributed by atoms with Crippen molar-refractivity contribution in [1.82, 2.24) is 0 Å². The third-order valence-corrected chi connectivity index (χ3v) is 6.85. The summed E-state index contributed by atoms with van der Waals surface area (Å²) >= 11 is 7.09. The molecular weight excluding hydrogens is 408 g/mol. The molecule has 2 aromatic rings. The van der Waals surface area contributed by atoms with Gasteiger partial charge in [0, 0.05) is 10.2 Å². The predicted octanol–water partition coefficient (Wildman–Crippen LogP) is 4.85. The van der Waals surface area contributed by atoms with E-state index in [1.165, 1.54) is 0 Å². The zero-order valence-corrected chi connectivity index (χ0v) is 15.4. The van der Waals surface area contributed by atoms with Crippen molar-refractivity contribution in [2.24, 2.45) is 5.92 Å². The summed E-state index contributed by atoms with van der Waals surface area (Å²) in [6, 6.07) is 18.9. The van der Waals surface area contributed by atoms with Crippen LogP contribution in [0.3, 0.4) is 0 Å². The third kappa shape index (κ3) is 2.99. The normalized spacial score (nSPS) is 14.3. The van der Waals surface area contributed by atoms with Crippen molar-refractivity contribution in [2.75, 3.05) is 5.33 Å². The lowest BCUT2D eigenvalue weighted by Crippen LogP contribution is -2.46. The van der Waals surface area contributed by atoms with Gasteiger partial charge >= 0.3 is 5.97 Å². The summed E-state index contributed by atoms with van der Waals surface area (Å²) in [6.45, 7) is 1.98. The number of hydrogen-bond acceptors (Lipinski definition) is 1. The van der Waals surface area contributed by atoms with Crippen LogP contribution in [-0.4, -0.2) is 21.2 Å². The van der Waals surface area contributed by atoms with Gasteiger partial charge in [0.05, 0.1) is 0 Å². The Balaban J connectivity index is 2.74. The van der Waals surface area contributed by atoms with E-state index in [9.17, 15) is 9.90 Å². The Morgan fingerprint density at radius 3 is 1.77 bits per heavy atom. The first-order valence-corrected chi connectivity index (χ1v) is 9.13. The molecule has 116 valence electrons. The van der Waals surface area contributed by atoms with Crippen LogP contribution >= 0.6 is 31.9 Å². The van der Waals surface area contributed by atoms with E-state index < -0.39 is 11.4 Å². The SMILES string of the molecule is CC(C(Br)CBr)C(C(=O)O)(c1ccccc1)c1ccccc1. The molecule has 0 bridgehead atoms. The van der Waals surface area contributed by atoms with E-state index in [-0.39, 0.29) is 10.7 Å². The molecule has 4 heteroatoms. The van der Waals surface area contributed by atoms with E-state index in [0.717, 1.165) is 11.1 Å². The molecule has 2 unspecified atom stereocenters. The zero-order valence-electron chi connectivity index (χ0n) is 12.2. The molecule has 2 nitrogen and oxygen atoms in total. The Morgan fingerprint density at radius 1 is 1.05 bits per heavy atom. The van der Waals surface area contributed by atoms with Gasteiger partial charge in [-0.2, -0.15) is 0 Å². The minimum Gasteiger partial charge on any atom is -0.480 e. The maximum Gasteiger partial charge on any atom is 0.318 e. The molecule has 0 aliphatic rings. The van der Waals surface area contributed by atoms with E-state index >= 15 is 0 Å². The maximum absolute atomic E-state index is 12.4. The van der Waals surface area contributed by atoms with E-state index in [0.29, 0.717) is 5.33 Å². The number of benzene rings is 2. The van der Waals surface area contributed by atoms with Crippen molar-refractivity contribution in [3.05, 3.63) is 71.8 Å². The molecule has 2 aromatic carbocycles. The predicted molar refractivity (Wildman–Crippen MR) is 97.0 cm³/mol. The second-order valence-electron chi connectivity index (χ2n) is 5.30. The molecule has 0 amide bonds. The Kier molecular flexibility index (Phi) is 5.81. The molecule has 2 rings (SSSR count). The molecule has 0 heterocycles. The summed E-state index contributed by atoms with van der Waals surface area (Å²) < 4.78 is 0. The molecule has 0 saturated carbocycles. The first-order valence-electron chi connectivity index (χ1n) is 7.09. The van der Waals surface area contributed by atoms with Crippen LogP contribution in [0.2, 0.25) is 0 Å². The number of hydrogen-bond donors (Lipinski definition) is 1. The summed E-state index contributed by atoms with van der Waals surface area (Å²) in [6.07, 6.45) is 0. The van der Waals surface area contributed by atoms with Crippen molar-refractivity contribution in [1.29, 1.82) is 0 Å². The van der Waals surface area contributed by atoms with Crippen LogP contribution in [0.25, 0.3) is 0 Å². The molecule has 0 aliphatic heterocycles. The fourth-order valence-electron chi connectivity index (χ4n) is 2.94. The number of halogens is 2. The highest BCUT2D eigenvalue weighted by Gasteiger charge is 2.48. The highest BCUT2D eigenvalue weighted by molar-refractivity contribution is 9.12. The summed E-state index contributed by atoms with van der Waals surface area (Å²) in [5, 5.41) is 10.9. The van der Waals surface area contributed by atoms with E-state index in [1.807, 2.05) is 67.6 Å². The maximum atomic E-state index is 12.4. The number of alkyl halides is 2. The summed E-state index contributed by atoms with van der Waals surface area (Å²) in [5.41, 5.74) is 0.503. The molecule has 1 N–H and O–H groups in total. The summed E-state index contributed by atoms with van der Waals surface area (Å²) in [4.78, 5) is 12.5. The van der Waals surface area contributed by atoms with Gasteiger partial charge in [0.25, 0.3) is 0 Å². The van der Waals surface area contributed by atoms with E-state index in [1.54, 1.807) is 0 Å². The van der Waals surface area contributed by atoms with Gasteiger partial charge in [0.2, 0.25) is 0 Å². The number of carboxylic acids is 1. The smallest absolute Gasteiger partial charge is 0.318 e. The molecule has 0 aliphatic carbocycles. The number of carbonyl (C=O) groups is 1. The average Bonchev–Trinajstić information content (AvgIpc) is 2.56. The molecule has 0 spiro atoms. The number of carboxylic acid groups (broad SMARTS) is 1. The lowest BCUT2D eigenvalue weighted by molar-refractivity contribution is -0.144. The fourth-order valence-corrected chi connectivity index (χ4v) is 3.90. The first-order chi connectivity index (χ1) is 10.5. The van der Waals surface area contributed by atoms with Crippen molar-refractivity contribution in [2.45, 2.75) is 17.2 Å². The van der Waals surface area contributed by atoms with Crippen molar-refractivity contribution in [3.8, 4) is 0 Å². The number of aliphatic carboxylic acids is 1. The van der Waals surface area contributed by atoms with E-state index in [4.69, 9.17) is 0 Å². The average molecular weight is 426 g/mol. The highest BCUT2D eigenvalue weighted by atomic mass is 79.9. The topological polar surface area (TPSA) is 37.3 Å². The second kappa shape index (κ2) is 7.42. The van der Waals surface area contributed by atoms with Crippen LogP contribution in [0.1, 0.15) is 18.1 Å². The van der Waals surface area contributed by atoms with Crippen LogP contribution in [0.5, 0.6) is 0 Å². The monoisotopic (exact) mass is 424 g/mol. The molecule has 0 radical (unpaired) electrons. The molecule has 0 saturated heterocycles. The van der Waals surface area contributed by atoms with Crippen molar-refractivity contribution >= 4 is 37.8 Å². The van der Waals surface area contributed by atoms with Crippen LogP contribution in [-0.2, 0) is 10.2 Å². The van der Waals surface area contributed by atoms with Crippen molar-refractivity contribution in [3.63, 3.8) is 0 Å². The minimum absolute atomic E-state index is 0.0315. The first kappa shape index (κ1) is 17.2. The standard InChI is InChI=1S/C18H18Br2O2/c1-13(16(20)12-19)18(17(21)22,14-8-4-2-5-9-14)15-10-6-3-7-11-15/h2-11,13,16H,12H2,1H3,(H,21,22). The van der Waals surface area contributed by atoms with Gasteiger partial charge in [-0.25, -0.2) is 0 Å². The van der Waals surface area contributed by atoms with Gasteiger partial charge in [-0.3, -0.25) is 4.79 Å². The van der Waals surface area contributed by atoms with Gasteiger partial charge in [0.1, 0.15) is 5.41 Å². The lowest BCUT2D eigenvalue weighted by atomic mass is 9.65. The fraction of sp³-hybridized carbons (Fsp3) is 0.278. The third-order valence-electron chi connectivity index (χ3n) is 4.17. The Labute approximate surface area is 147 Å². The van der Waals surface area contributed by atoms with Gasteiger partial charge in [-0.1, -0.05) is 99.4 Å². The summed E-state index contributed by atoms with van der Waals surface area (Å²) in [5.74, 6) is -0.975. The molecular formula is C18H18Br2O2.